The number of aromatic amines is 2. The van der Waals surface area contributed by atoms with E-state index in [1.807, 2.05) is 54.0 Å². The summed E-state index contributed by atoms with van der Waals surface area (Å²) in [6, 6.07) is 15.5. The molecule has 0 bridgehead atoms. The maximum Gasteiger partial charge on any atom is 0.407 e. The van der Waals surface area contributed by atoms with Crippen LogP contribution in [0.2, 0.25) is 19.1 Å². The number of H-pyrrole nitrogens is 2. The predicted molar refractivity (Wildman–Crippen MR) is 257 cm³/mol. The number of nitrogens with zero attached hydrogens (tertiary/aromatic N) is 4. The molecular formula is C52H61F2N7O7Si. The van der Waals surface area contributed by atoms with E-state index in [1.165, 1.54) is 20.3 Å². The first-order valence-corrected chi connectivity index (χ1v) is 27.7. The molecule has 3 aliphatic heterocycles. The number of hydrogen-bond acceptors (Lipinski definition) is 9. The van der Waals surface area contributed by atoms with E-state index in [2.05, 4.69) is 28.4 Å². The number of methoxy groups -OCH3 is 2. The van der Waals surface area contributed by atoms with Crippen LogP contribution in [0.25, 0.3) is 44.5 Å². The maximum atomic E-state index is 16.8. The van der Waals surface area contributed by atoms with Crippen LogP contribution in [0.3, 0.4) is 0 Å². The molecule has 4 atom stereocenters. The molecule has 5 aliphatic rings. The summed E-state index contributed by atoms with van der Waals surface area (Å²) in [5, 5.41) is 2.82. The van der Waals surface area contributed by atoms with E-state index in [4.69, 9.17) is 24.2 Å². The standard InChI is InChI=1S/C52H61F2N7O7Si/c1-29(2)34(12-14-44(62)66-3)48(63)61-28-69(5,6)26-43(61)47-56-39-13-9-32(23-40(39)57-47)31-7-10-35-36-11-8-33(22-38(36)52(53,54)37(35)21-31)41-25-55-46(58-41)42-24-51(17-18-51)27-60(42)49(64)45(59-50(65)67-4)30-15-19-68-20-16-30/h7-11,13,21-23,25,29-30,34,42-43,45H,12,14-20,24,26-28H2,1-6H3,(H,55,58)(H,56,57)(H,59,65). The molecule has 2 aromatic heterocycles. The van der Waals surface area contributed by atoms with Crippen molar-refractivity contribution in [2.24, 2.45) is 23.2 Å². The lowest BCUT2D eigenvalue weighted by molar-refractivity contribution is -0.142. The molecule has 3 aromatic carbocycles. The van der Waals surface area contributed by atoms with Gasteiger partial charge in [-0.2, -0.15) is 8.78 Å². The number of carbonyl (C=O) groups is 4. The van der Waals surface area contributed by atoms with Crippen molar-refractivity contribution in [3.05, 3.63) is 83.6 Å². The van der Waals surface area contributed by atoms with Gasteiger partial charge in [0.1, 0.15) is 17.7 Å². The third kappa shape index (κ3) is 8.74. The number of alkyl carbamates (subject to hydrolysis) is 1. The molecule has 10 rings (SSSR count). The predicted octanol–water partition coefficient (Wildman–Crippen LogP) is 9.30. The van der Waals surface area contributed by atoms with Crippen LogP contribution in [-0.2, 0) is 34.5 Å². The Labute approximate surface area is 401 Å². The Morgan fingerprint density at radius 2 is 1.55 bits per heavy atom. The third-order valence-corrected chi connectivity index (χ3v) is 18.3. The van der Waals surface area contributed by atoms with Crippen molar-refractivity contribution in [2.45, 2.75) is 102 Å². The molecule has 5 aromatic rings. The van der Waals surface area contributed by atoms with Gasteiger partial charge in [0, 0.05) is 55.0 Å². The second-order valence-electron chi connectivity index (χ2n) is 21.2. The van der Waals surface area contributed by atoms with E-state index < -0.39 is 26.1 Å². The summed E-state index contributed by atoms with van der Waals surface area (Å²) in [5.74, 6) is -2.88. The molecule has 3 N–H and O–H groups in total. The van der Waals surface area contributed by atoms with Crippen LogP contribution in [-0.4, -0.2) is 108 Å². The van der Waals surface area contributed by atoms with Gasteiger partial charge in [-0.25, -0.2) is 14.8 Å². The van der Waals surface area contributed by atoms with Crippen molar-refractivity contribution in [1.82, 2.24) is 35.1 Å². The zero-order valence-electron chi connectivity index (χ0n) is 40.1. The Morgan fingerprint density at radius 1 is 0.870 bits per heavy atom. The number of nitrogens with one attached hydrogen (secondary N) is 3. The SMILES string of the molecule is COC(=O)CCC(C(=O)N1C[Si](C)(C)CC1c1nc2ccc(-c3ccc4c(c3)C(F)(F)c3cc(-c5cnc(C6CC7(CC7)CN6C(=O)C(NC(=O)OC)C6CCOCC6)[nH]5)ccc3-4)cc2[nH]1)C(C)C. The number of halogens is 2. The number of fused-ring (bicyclic) bond motifs is 4. The zero-order valence-corrected chi connectivity index (χ0v) is 41.1. The van der Waals surface area contributed by atoms with Gasteiger partial charge in [0.2, 0.25) is 11.8 Å². The number of carbonyl (C=O) groups excluding carboxylic acids is 4. The van der Waals surface area contributed by atoms with E-state index in [-0.39, 0.29) is 70.6 Å². The van der Waals surface area contributed by atoms with Gasteiger partial charge in [-0.15, -0.1) is 0 Å². The molecule has 17 heteroatoms. The number of aromatic nitrogens is 4. The summed E-state index contributed by atoms with van der Waals surface area (Å²) < 4.78 is 48.9. The quantitative estimate of drug-likeness (QED) is 0.0814. The lowest BCUT2D eigenvalue weighted by Crippen LogP contribution is -2.53. The summed E-state index contributed by atoms with van der Waals surface area (Å²) in [4.78, 5) is 73.5. The molecule has 4 fully saturated rings. The van der Waals surface area contributed by atoms with Crippen molar-refractivity contribution in [2.75, 3.05) is 40.1 Å². The highest BCUT2D eigenvalue weighted by Gasteiger charge is 2.56. The fraction of sp³-hybridized carbons (Fsp3) is 0.500. The summed E-state index contributed by atoms with van der Waals surface area (Å²) in [5.41, 5.74) is 4.76. The van der Waals surface area contributed by atoms with E-state index in [1.54, 1.807) is 24.4 Å². The third-order valence-electron chi connectivity index (χ3n) is 15.6. The lowest BCUT2D eigenvalue weighted by atomic mass is 9.89. The summed E-state index contributed by atoms with van der Waals surface area (Å²) in [6.07, 6.45) is 6.26. The molecule has 364 valence electrons. The van der Waals surface area contributed by atoms with Crippen LogP contribution in [0.15, 0.2) is 60.8 Å². The Bertz CT molecular complexity index is 2830. The molecule has 1 saturated carbocycles. The van der Waals surface area contributed by atoms with Crippen LogP contribution in [0.1, 0.15) is 93.7 Å². The smallest absolute Gasteiger partial charge is 0.407 e. The number of benzene rings is 3. The van der Waals surface area contributed by atoms with E-state index in [0.29, 0.717) is 84.8 Å². The number of amides is 3. The molecule has 3 amide bonds. The highest BCUT2D eigenvalue weighted by Crippen LogP contribution is 2.59. The van der Waals surface area contributed by atoms with Crippen LogP contribution >= 0.6 is 0 Å². The molecule has 0 radical (unpaired) electrons. The first-order valence-electron chi connectivity index (χ1n) is 24.3. The van der Waals surface area contributed by atoms with Gasteiger partial charge in [-0.1, -0.05) is 57.3 Å². The first-order chi connectivity index (χ1) is 33.0. The molecule has 69 heavy (non-hydrogen) atoms. The molecule has 14 nitrogen and oxygen atoms in total. The summed E-state index contributed by atoms with van der Waals surface area (Å²) in [7, 11) is 0.833. The van der Waals surface area contributed by atoms with Gasteiger partial charge < -0.3 is 39.3 Å². The monoisotopic (exact) mass is 961 g/mol. The van der Waals surface area contributed by atoms with Crippen molar-refractivity contribution >= 4 is 43.0 Å². The molecular weight excluding hydrogens is 901 g/mol. The van der Waals surface area contributed by atoms with Crippen LogP contribution < -0.4 is 5.32 Å². The maximum absolute atomic E-state index is 16.8. The molecule has 1 spiro atoms. The molecule has 5 heterocycles. The number of rotatable bonds is 12. The second-order valence-corrected chi connectivity index (χ2v) is 26.2. The number of esters is 1. The number of ether oxygens (including phenoxy) is 3. The van der Waals surface area contributed by atoms with Crippen molar-refractivity contribution in [3.8, 4) is 33.5 Å². The van der Waals surface area contributed by atoms with Gasteiger partial charge in [-0.3, -0.25) is 14.4 Å². The topological polar surface area (TPSA) is 172 Å². The van der Waals surface area contributed by atoms with E-state index in [0.717, 1.165) is 41.9 Å². The normalized spacial score (nSPS) is 21.9. The summed E-state index contributed by atoms with van der Waals surface area (Å²) >= 11 is 0. The Balaban J connectivity index is 0.884. The van der Waals surface area contributed by atoms with Crippen LogP contribution in [0.4, 0.5) is 13.6 Å². The molecule has 3 saturated heterocycles. The van der Waals surface area contributed by atoms with Gasteiger partial charge in [0.25, 0.3) is 5.92 Å². The Morgan fingerprint density at radius 3 is 2.23 bits per heavy atom. The highest BCUT2D eigenvalue weighted by molar-refractivity contribution is 6.78. The second kappa shape index (κ2) is 17.8. The average molecular weight is 962 g/mol. The van der Waals surface area contributed by atoms with Gasteiger partial charge in [-0.05, 0) is 108 Å². The Hall–Kier alpha value is -5.94. The van der Waals surface area contributed by atoms with Gasteiger partial charge in [0.15, 0.2) is 0 Å². The number of imidazole rings is 2. The largest absolute Gasteiger partial charge is 0.469 e. The lowest BCUT2D eigenvalue weighted by Gasteiger charge is -2.34. The fourth-order valence-electron chi connectivity index (χ4n) is 11.5. The average Bonchev–Trinajstić information content (AvgIpc) is 3.80. The Kier molecular flexibility index (Phi) is 12.1. The fourth-order valence-corrected chi connectivity index (χ4v) is 14.4. The minimum atomic E-state index is -3.29. The van der Waals surface area contributed by atoms with Gasteiger partial charge >= 0.3 is 12.1 Å². The van der Waals surface area contributed by atoms with Crippen LogP contribution in [0, 0.1) is 23.2 Å². The highest BCUT2D eigenvalue weighted by atomic mass is 28.3. The van der Waals surface area contributed by atoms with E-state index >= 15 is 8.78 Å². The van der Waals surface area contributed by atoms with Crippen molar-refractivity contribution < 1.29 is 42.2 Å². The number of likely N-dealkylation sites (tertiary alicyclic amines) is 1. The van der Waals surface area contributed by atoms with Crippen LogP contribution in [0.5, 0.6) is 0 Å². The molecule has 2 aliphatic carbocycles. The summed E-state index contributed by atoms with van der Waals surface area (Å²) in [6.45, 7) is 10.1. The minimum Gasteiger partial charge on any atom is -0.469 e. The number of hydrogen-bond donors (Lipinski definition) is 3. The minimum absolute atomic E-state index is 0.00344. The zero-order chi connectivity index (χ0) is 48.6. The van der Waals surface area contributed by atoms with E-state index in [9.17, 15) is 19.2 Å². The van der Waals surface area contributed by atoms with Gasteiger partial charge in [0.05, 0.1) is 57.3 Å². The number of alkyl halides is 2. The van der Waals surface area contributed by atoms with Crippen molar-refractivity contribution in [3.63, 3.8) is 0 Å². The first kappa shape index (κ1) is 46.8. The van der Waals surface area contributed by atoms with Crippen molar-refractivity contribution in [1.29, 1.82) is 0 Å². The molecule has 4 unspecified atom stereocenters.